The molecule has 3 heterocycles. The molecular formula is C19H17F2N3O3S. The Hall–Kier alpha value is -2.81. The fraction of sp³-hybridized carbons (Fsp3) is 0.316. The summed E-state index contributed by atoms with van der Waals surface area (Å²) in [5, 5.41) is 11.1. The van der Waals surface area contributed by atoms with Crippen LogP contribution in [-0.4, -0.2) is 33.7 Å². The van der Waals surface area contributed by atoms with Crippen molar-refractivity contribution in [1.82, 2.24) is 9.55 Å². The first-order valence-electron chi connectivity index (χ1n) is 8.83. The Morgan fingerprint density at radius 2 is 2.04 bits per heavy atom. The first kappa shape index (κ1) is 18.5. The number of aromatic nitrogens is 2. The molecular weight excluding hydrogens is 388 g/mol. The third kappa shape index (κ3) is 3.49. The van der Waals surface area contributed by atoms with E-state index in [1.165, 1.54) is 28.0 Å². The Kier molecular flexibility index (Phi) is 4.84. The number of anilines is 1. The highest BCUT2D eigenvalue weighted by Gasteiger charge is 2.28. The number of piperidine rings is 1. The first-order valence-corrected chi connectivity index (χ1v) is 9.71. The number of hydrogen-bond donors (Lipinski definition) is 1. The molecule has 0 amide bonds. The molecule has 9 heteroatoms. The normalized spacial score (nSPS) is 17.2. The molecule has 1 fully saturated rings. The van der Waals surface area contributed by atoms with Crippen LogP contribution in [0.15, 0.2) is 34.4 Å². The molecule has 6 nitrogen and oxygen atoms in total. The number of carbonyl (C=O) groups is 1. The lowest BCUT2D eigenvalue weighted by Gasteiger charge is -2.32. The second-order valence-electron chi connectivity index (χ2n) is 6.84. The lowest BCUT2D eigenvalue weighted by atomic mass is 9.99. The molecule has 1 unspecified atom stereocenters. The first-order chi connectivity index (χ1) is 13.4. The molecule has 1 aliphatic rings. The van der Waals surface area contributed by atoms with Crippen molar-refractivity contribution in [2.24, 2.45) is 5.92 Å². The molecule has 0 bridgehead atoms. The van der Waals surface area contributed by atoms with E-state index in [0.717, 1.165) is 6.07 Å². The van der Waals surface area contributed by atoms with Gasteiger partial charge in [-0.3, -0.25) is 14.2 Å². The van der Waals surface area contributed by atoms with E-state index in [-0.39, 0.29) is 18.6 Å². The molecule has 1 atom stereocenters. The largest absolute Gasteiger partial charge is 0.481 e. The highest BCUT2D eigenvalue weighted by atomic mass is 32.1. The minimum atomic E-state index is -0.887. The predicted octanol–water partition coefficient (Wildman–Crippen LogP) is 3.09. The van der Waals surface area contributed by atoms with Gasteiger partial charge in [-0.25, -0.2) is 13.8 Å². The lowest BCUT2D eigenvalue weighted by Crippen LogP contribution is -2.42. The molecule has 1 aromatic carbocycles. The molecule has 28 heavy (non-hydrogen) atoms. The van der Waals surface area contributed by atoms with E-state index in [4.69, 9.17) is 0 Å². The van der Waals surface area contributed by atoms with Gasteiger partial charge in [0.1, 0.15) is 16.3 Å². The number of hydrogen-bond acceptors (Lipinski definition) is 5. The van der Waals surface area contributed by atoms with Crippen LogP contribution in [0, 0.1) is 17.6 Å². The van der Waals surface area contributed by atoms with Crippen molar-refractivity contribution in [3.8, 4) is 0 Å². The summed E-state index contributed by atoms with van der Waals surface area (Å²) in [4.78, 5) is 30.8. The van der Waals surface area contributed by atoms with Gasteiger partial charge in [0.2, 0.25) is 5.95 Å². The second-order valence-corrected chi connectivity index (χ2v) is 7.76. The summed E-state index contributed by atoms with van der Waals surface area (Å²) in [6.07, 6.45) is 1.22. The minimum Gasteiger partial charge on any atom is -0.481 e. The molecule has 1 N–H and O–H groups in total. The fourth-order valence-corrected chi connectivity index (χ4v) is 4.34. The monoisotopic (exact) mass is 405 g/mol. The SMILES string of the molecule is O=C(O)C1CCCN(c2nc3ccsc3c(=O)n2Cc2cc(F)cc(F)c2)C1. The standard InChI is InChI=1S/C19H17F2N3O3S/c20-13-6-11(7-14(21)8-13)9-24-17(25)16-15(3-5-28-16)22-19(24)23-4-1-2-12(10-23)18(26)27/h3,5-8,12H,1-2,4,9-10H2,(H,26,27). The molecule has 1 aliphatic heterocycles. The van der Waals surface area contributed by atoms with Crippen LogP contribution in [0.4, 0.5) is 14.7 Å². The smallest absolute Gasteiger partial charge is 0.308 e. The molecule has 3 aromatic rings. The predicted molar refractivity (Wildman–Crippen MR) is 102 cm³/mol. The van der Waals surface area contributed by atoms with Crippen LogP contribution in [0.25, 0.3) is 10.2 Å². The zero-order chi connectivity index (χ0) is 19.8. The van der Waals surface area contributed by atoms with Crippen LogP contribution in [0.1, 0.15) is 18.4 Å². The van der Waals surface area contributed by atoms with Gasteiger partial charge in [-0.1, -0.05) is 0 Å². The molecule has 2 aromatic heterocycles. The van der Waals surface area contributed by atoms with Gasteiger partial charge < -0.3 is 10.0 Å². The number of carboxylic acids is 1. The molecule has 0 spiro atoms. The van der Waals surface area contributed by atoms with E-state index in [0.29, 0.717) is 41.1 Å². The minimum absolute atomic E-state index is 0.0576. The van der Waals surface area contributed by atoms with E-state index in [9.17, 15) is 23.5 Å². The summed E-state index contributed by atoms with van der Waals surface area (Å²) in [5.74, 6) is -2.56. The highest BCUT2D eigenvalue weighted by molar-refractivity contribution is 7.17. The number of benzene rings is 1. The maximum absolute atomic E-state index is 13.6. The molecule has 1 saturated heterocycles. The summed E-state index contributed by atoms with van der Waals surface area (Å²) < 4.78 is 29.1. The second kappa shape index (κ2) is 7.31. The van der Waals surface area contributed by atoms with Crippen LogP contribution >= 0.6 is 11.3 Å². The van der Waals surface area contributed by atoms with Gasteiger partial charge in [-0.2, -0.15) is 0 Å². The van der Waals surface area contributed by atoms with Crippen molar-refractivity contribution in [2.75, 3.05) is 18.0 Å². The number of thiophene rings is 1. The topological polar surface area (TPSA) is 75.4 Å². The van der Waals surface area contributed by atoms with Crippen LogP contribution in [0.5, 0.6) is 0 Å². The Balaban J connectivity index is 1.81. The van der Waals surface area contributed by atoms with Crippen molar-refractivity contribution in [3.63, 3.8) is 0 Å². The van der Waals surface area contributed by atoms with Crippen LogP contribution in [-0.2, 0) is 11.3 Å². The van der Waals surface area contributed by atoms with E-state index in [1.54, 1.807) is 16.3 Å². The summed E-state index contributed by atoms with van der Waals surface area (Å²) in [6.45, 7) is 0.732. The van der Waals surface area contributed by atoms with Gasteiger partial charge in [-0.05, 0) is 42.0 Å². The van der Waals surface area contributed by atoms with Crippen molar-refractivity contribution in [1.29, 1.82) is 0 Å². The lowest BCUT2D eigenvalue weighted by molar-refractivity contribution is -0.141. The van der Waals surface area contributed by atoms with Crippen molar-refractivity contribution >= 4 is 33.5 Å². The van der Waals surface area contributed by atoms with Crippen LogP contribution in [0.3, 0.4) is 0 Å². The number of fused-ring (bicyclic) bond motifs is 1. The summed E-state index contributed by atoms with van der Waals surface area (Å²) in [5.41, 5.74) is 0.520. The van der Waals surface area contributed by atoms with Gasteiger partial charge >= 0.3 is 5.97 Å². The highest BCUT2D eigenvalue weighted by Crippen LogP contribution is 2.25. The van der Waals surface area contributed by atoms with E-state index >= 15 is 0 Å². The average molecular weight is 405 g/mol. The summed E-state index contributed by atoms with van der Waals surface area (Å²) >= 11 is 1.25. The van der Waals surface area contributed by atoms with Gasteiger partial charge in [-0.15, -0.1) is 11.3 Å². The zero-order valence-electron chi connectivity index (χ0n) is 14.8. The number of halogens is 2. The number of rotatable bonds is 4. The van der Waals surface area contributed by atoms with Crippen molar-refractivity contribution in [3.05, 3.63) is 57.2 Å². The third-order valence-electron chi connectivity index (χ3n) is 4.86. The Morgan fingerprint density at radius 1 is 1.29 bits per heavy atom. The van der Waals surface area contributed by atoms with Gasteiger partial charge in [0.05, 0.1) is 18.0 Å². The van der Waals surface area contributed by atoms with Crippen LogP contribution < -0.4 is 10.5 Å². The molecule has 0 aliphatic carbocycles. The van der Waals surface area contributed by atoms with Gasteiger partial charge in [0, 0.05) is 19.2 Å². The Bertz CT molecular complexity index is 1090. The number of carboxylic acid groups (broad SMARTS) is 1. The maximum Gasteiger partial charge on any atom is 0.308 e. The summed E-state index contributed by atoms with van der Waals surface area (Å²) in [6, 6.07) is 4.86. The molecule has 146 valence electrons. The van der Waals surface area contributed by atoms with Crippen molar-refractivity contribution in [2.45, 2.75) is 19.4 Å². The van der Waals surface area contributed by atoms with Gasteiger partial charge in [0.15, 0.2) is 0 Å². The summed E-state index contributed by atoms with van der Waals surface area (Å²) in [7, 11) is 0. The maximum atomic E-state index is 13.6. The zero-order valence-corrected chi connectivity index (χ0v) is 15.6. The van der Waals surface area contributed by atoms with E-state index in [2.05, 4.69) is 4.98 Å². The molecule has 4 rings (SSSR count). The van der Waals surface area contributed by atoms with Crippen molar-refractivity contribution < 1.29 is 18.7 Å². The van der Waals surface area contributed by atoms with E-state index < -0.39 is 23.5 Å². The Labute approximate surface area is 162 Å². The van der Waals surface area contributed by atoms with E-state index in [1.807, 2.05) is 0 Å². The Morgan fingerprint density at radius 3 is 2.75 bits per heavy atom. The number of nitrogens with zero attached hydrogens (tertiary/aromatic N) is 3. The molecule has 0 radical (unpaired) electrons. The number of aliphatic carboxylic acids is 1. The average Bonchev–Trinajstić information content (AvgIpc) is 3.12. The van der Waals surface area contributed by atoms with Crippen LogP contribution in [0.2, 0.25) is 0 Å². The fourth-order valence-electron chi connectivity index (χ4n) is 3.56. The third-order valence-corrected chi connectivity index (χ3v) is 5.75. The molecule has 0 saturated carbocycles. The quantitative estimate of drug-likeness (QED) is 0.722. The van der Waals surface area contributed by atoms with Gasteiger partial charge in [0.25, 0.3) is 5.56 Å².